The molecular weight excluding hydrogens is 659 g/mol. The summed E-state index contributed by atoms with van der Waals surface area (Å²) in [7, 11) is 0. The zero-order valence-electron chi connectivity index (χ0n) is 29.0. The van der Waals surface area contributed by atoms with E-state index in [0.717, 1.165) is 77.0 Å². The molecule has 0 spiro atoms. The fourth-order valence-corrected chi connectivity index (χ4v) is 8.75. The Morgan fingerprint density at radius 1 is 0.407 bits per heavy atom. The number of furan rings is 1. The summed E-state index contributed by atoms with van der Waals surface area (Å²) in [5.74, 6) is 0.630. The van der Waals surface area contributed by atoms with E-state index in [2.05, 4.69) is 180 Å². The molecular formula is C50H29N3O. The molecule has 4 nitrogen and oxygen atoms in total. The molecule has 0 saturated heterocycles. The van der Waals surface area contributed by atoms with Crippen molar-refractivity contribution in [2.75, 3.05) is 0 Å². The van der Waals surface area contributed by atoms with Gasteiger partial charge in [-0.05, 0) is 74.5 Å². The first kappa shape index (κ1) is 29.3. The lowest BCUT2D eigenvalue weighted by Gasteiger charge is -2.14. The number of aromatic nitrogens is 3. The summed E-state index contributed by atoms with van der Waals surface area (Å²) >= 11 is 0. The summed E-state index contributed by atoms with van der Waals surface area (Å²) in [6, 6.07) is 62.4. The Kier molecular flexibility index (Phi) is 6.02. The van der Waals surface area contributed by atoms with Gasteiger partial charge in [0.2, 0.25) is 5.95 Å². The first-order valence-electron chi connectivity index (χ1n) is 18.3. The molecule has 0 aliphatic heterocycles. The van der Waals surface area contributed by atoms with Gasteiger partial charge in [0.1, 0.15) is 11.2 Å². The largest absolute Gasteiger partial charge is 0.455 e. The summed E-state index contributed by atoms with van der Waals surface area (Å²) in [6.07, 6.45) is 0. The smallest absolute Gasteiger partial charge is 0.235 e. The zero-order valence-corrected chi connectivity index (χ0v) is 29.0. The van der Waals surface area contributed by atoms with Gasteiger partial charge in [0.15, 0.2) is 0 Å². The Labute approximate surface area is 309 Å². The third kappa shape index (κ3) is 4.13. The highest BCUT2D eigenvalue weighted by molar-refractivity contribution is 6.28. The number of nitrogens with zero attached hydrogens (tertiary/aromatic N) is 3. The molecule has 0 N–H and O–H groups in total. The van der Waals surface area contributed by atoms with Crippen LogP contribution in [0.3, 0.4) is 0 Å². The van der Waals surface area contributed by atoms with Crippen LogP contribution in [0.2, 0.25) is 0 Å². The third-order valence-electron chi connectivity index (χ3n) is 11.2. The van der Waals surface area contributed by atoms with Crippen molar-refractivity contribution in [3.05, 3.63) is 176 Å². The van der Waals surface area contributed by atoms with Crippen LogP contribution in [0, 0.1) is 0 Å². The molecule has 0 radical (unpaired) electrons. The molecule has 12 aromatic rings. The first-order chi connectivity index (χ1) is 26.8. The van der Waals surface area contributed by atoms with Gasteiger partial charge in [-0.1, -0.05) is 140 Å². The highest BCUT2D eigenvalue weighted by Crippen LogP contribution is 2.45. The molecule has 3 aromatic heterocycles. The topological polar surface area (TPSA) is 43.9 Å². The molecule has 0 amide bonds. The predicted octanol–water partition coefficient (Wildman–Crippen LogP) is 13.4. The zero-order chi connectivity index (χ0) is 35.3. The first-order valence-corrected chi connectivity index (χ1v) is 18.3. The van der Waals surface area contributed by atoms with Crippen LogP contribution in [-0.4, -0.2) is 14.5 Å². The van der Waals surface area contributed by atoms with Crippen LogP contribution in [0.1, 0.15) is 0 Å². The van der Waals surface area contributed by atoms with E-state index in [0.29, 0.717) is 5.95 Å². The number of fused-ring (bicyclic) bond motifs is 13. The Morgan fingerprint density at radius 2 is 0.981 bits per heavy atom. The molecule has 0 aliphatic carbocycles. The van der Waals surface area contributed by atoms with Gasteiger partial charge in [0, 0.05) is 37.9 Å². The van der Waals surface area contributed by atoms with Crippen LogP contribution in [0.5, 0.6) is 0 Å². The maximum Gasteiger partial charge on any atom is 0.235 e. The average Bonchev–Trinajstić information content (AvgIpc) is 3.80. The van der Waals surface area contributed by atoms with Crippen molar-refractivity contribution in [3.63, 3.8) is 0 Å². The van der Waals surface area contributed by atoms with Crippen molar-refractivity contribution in [2.45, 2.75) is 0 Å². The van der Waals surface area contributed by atoms with Gasteiger partial charge in [-0.15, -0.1) is 0 Å². The van der Waals surface area contributed by atoms with Crippen LogP contribution in [0.25, 0.3) is 115 Å². The lowest BCUT2D eigenvalue weighted by atomic mass is 9.95. The third-order valence-corrected chi connectivity index (χ3v) is 11.2. The van der Waals surface area contributed by atoms with Crippen molar-refractivity contribution in [1.82, 2.24) is 14.5 Å². The lowest BCUT2D eigenvalue weighted by molar-refractivity contribution is 0.673. The number of hydrogen-bond acceptors (Lipinski definition) is 3. The van der Waals surface area contributed by atoms with Gasteiger partial charge in [-0.2, -0.15) is 0 Å². The van der Waals surface area contributed by atoms with Gasteiger partial charge in [-0.25, -0.2) is 9.97 Å². The van der Waals surface area contributed by atoms with Gasteiger partial charge in [0.05, 0.1) is 22.2 Å². The molecule has 0 aliphatic rings. The minimum atomic E-state index is 0.630. The molecule has 250 valence electrons. The molecule has 4 heteroatoms. The van der Waals surface area contributed by atoms with E-state index in [4.69, 9.17) is 14.4 Å². The Balaban J connectivity index is 1.24. The minimum absolute atomic E-state index is 0.630. The summed E-state index contributed by atoms with van der Waals surface area (Å²) in [5, 5.41) is 12.6. The number of hydrogen-bond donors (Lipinski definition) is 0. The monoisotopic (exact) mass is 687 g/mol. The van der Waals surface area contributed by atoms with Gasteiger partial charge in [-0.3, -0.25) is 4.57 Å². The van der Waals surface area contributed by atoms with Crippen molar-refractivity contribution < 1.29 is 4.42 Å². The van der Waals surface area contributed by atoms with Gasteiger partial charge >= 0.3 is 0 Å². The lowest BCUT2D eigenvalue weighted by Crippen LogP contribution is -2.03. The van der Waals surface area contributed by atoms with Crippen LogP contribution in [0.15, 0.2) is 180 Å². The van der Waals surface area contributed by atoms with Crippen molar-refractivity contribution in [2.24, 2.45) is 0 Å². The van der Waals surface area contributed by atoms with Crippen LogP contribution in [-0.2, 0) is 0 Å². The van der Waals surface area contributed by atoms with E-state index in [1.54, 1.807) is 0 Å². The molecule has 0 bridgehead atoms. The summed E-state index contributed by atoms with van der Waals surface area (Å²) in [4.78, 5) is 11.0. The Bertz CT molecular complexity index is 3410. The van der Waals surface area contributed by atoms with E-state index >= 15 is 0 Å². The van der Waals surface area contributed by atoms with Crippen molar-refractivity contribution in [1.29, 1.82) is 0 Å². The minimum Gasteiger partial charge on any atom is -0.455 e. The van der Waals surface area contributed by atoms with Crippen LogP contribution in [0.4, 0.5) is 0 Å². The molecule has 9 aromatic carbocycles. The average molecular weight is 688 g/mol. The Hall–Kier alpha value is -7.30. The molecule has 3 heterocycles. The summed E-state index contributed by atoms with van der Waals surface area (Å²) in [5.41, 5.74) is 8.81. The van der Waals surface area contributed by atoms with Crippen LogP contribution >= 0.6 is 0 Å². The molecule has 0 unspecified atom stereocenters. The van der Waals surface area contributed by atoms with E-state index < -0.39 is 0 Å². The number of benzene rings is 9. The van der Waals surface area contributed by atoms with E-state index in [1.807, 2.05) is 0 Å². The second-order valence-electron chi connectivity index (χ2n) is 14.1. The molecule has 12 rings (SSSR count). The Morgan fingerprint density at radius 3 is 1.69 bits per heavy atom. The summed E-state index contributed by atoms with van der Waals surface area (Å²) < 4.78 is 9.12. The fraction of sp³-hybridized carbons (Fsp3) is 0. The van der Waals surface area contributed by atoms with Gasteiger partial charge < -0.3 is 4.42 Å². The maximum absolute atomic E-state index is 6.85. The van der Waals surface area contributed by atoms with Crippen molar-refractivity contribution in [3.8, 4) is 28.3 Å². The molecule has 0 saturated carbocycles. The predicted molar refractivity (Wildman–Crippen MR) is 225 cm³/mol. The highest BCUT2D eigenvalue weighted by atomic mass is 16.3. The van der Waals surface area contributed by atoms with Gasteiger partial charge in [0.25, 0.3) is 0 Å². The quantitative estimate of drug-likeness (QED) is 0.186. The molecule has 0 fully saturated rings. The van der Waals surface area contributed by atoms with E-state index in [1.165, 1.54) is 32.3 Å². The van der Waals surface area contributed by atoms with Crippen molar-refractivity contribution >= 4 is 87.0 Å². The standard InChI is InChI=1S/C50H29N3O/c1-2-12-30(13-3-1)34-28-40(45-39-25-22-33-16-6-9-19-37(33)49(39)54-44(45)29-34)48-38-20-10-11-21-41(38)51-50(52-48)53-42-26-23-31-14-4-7-17-35(31)46(42)47-36-18-8-5-15-32(36)24-27-43(47)53/h1-29H. The number of rotatable bonds is 3. The second-order valence-corrected chi connectivity index (χ2v) is 14.1. The second kappa shape index (κ2) is 11.1. The number of para-hydroxylation sites is 1. The highest BCUT2D eigenvalue weighted by Gasteiger charge is 2.23. The maximum atomic E-state index is 6.85. The normalized spacial score (nSPS) is 12.1. The van der Waals surface area contributed by atoms with E-state index in [-0.39, 0.29) is 0 Å². The van der Waals surface area contributed by atoms with Crippen LogP contribution < -0.4 is 0 Å². The SMILES string of the molecule is c1ccc(-c2cc(-c3nc(-n4c5ccc6ccccc6c5c5c6ccccc6ccc54)nc4ccccc34)c3c(c2)oc2c4ccccc4ccc23)cc1. The summed E-state index contributed by atoms with van der Waals surface area (Å²) in [6.45, 7) is 0. The van der Waals surface area contributed by atoms with E-state index in [9.17, 15) is 0 Å². The molecule has 0 atom stereocenters. The fourth-order valence-electron chi connectivity index (χ4n) is 8.75. The molecule has 54 heavy (non-hydrogen) atoms.